The number of nitrogens with zero attached hydrogens (tertiary/aromatic N) is 1. The Kier molecular flexibility index (Phi) is 8.57. The monoisotopic (exact) mass is 485 g/mol. The van der Waals surface area contributed by atoms with Crippen molar-refractivity contribution < 1.29 is 37.8 Å². The molecule has 1 saturated heterocycles. The Hall–Kier alpha value is -3.75. The molecule has 1 fully saturated rings. The summed E-state index contributed by atoms with van der Waals surface area (Å²) in [5, 5.41) is 0. The van der Waals surface area contributed by atoms with Gasteiger partial charge in [-0.15, -0.1) is 0 Å². The average molecular weight is 486 g/mol. The molecule has 35 heavy (non-hydrogen) atoms. The highest BCUT2D eigenvalue weighted by Gasteiger charge is 2.52. The molecule has 9 heteroatoms. The third-order valence-electron chi connectivity index (χ3n) is 6.03. The number of halogens is 1. The fourth-order valence-corrected chi connectivity index (χ4v) is 4.25. The van der Waals surface area contributed by atoms with E-state index in [0.29, 0.717) is 0 Å². The fourth-order valence-electron chi connectivity index (χ4n) is 4.25. The molecule has 1 heterocycles. The lowest BCUT2D eigenvalue weighted by Crippen LogP contribution is -2.45. The van der Waals surface area contributed by atoms with Crippen LogP contribution in [0.3, 0.4) is 0 Å². The highest BCUT2D eigenvalue weighted by atomic mass is 19.1. The van der Waals surface area contributed by atoms with E-state index in [1.807, 2.05) is 6.07 Å². The van der Waals surface area contributed by atoms with E-state index in [4.69, 9.17) is 14.2 Å². The summed E-state index contributed by atoms with van der Waals surface area (Å²) in [4.78, 5) is 52.8. The van der Waals surface area contributed by atoms with Crippen LogP contribution in [0.1, 0.15) is 34.8 Å². The van der Waals surface area contributed by atoms with Crippen molar-refractivity contribution in [2.75, 3.05) is 20.3 Å². The number of esters is 2. The zero-order valence-electron chi connectivity index (χ0n) is 19.9. The fraction of sp³-hybridized carbons (Fsp3) is 0.385. The van der Waals surface area contributed by atoms with Gasteiger partial charge < -0.3 is 14.2 Å². The van der Waals surface area contributed by atoms with Gasteiger partial charge in [0.25, 0.3) is 0 Å². The average Bonchev–Trinajstić information content (AvgIpc) is 3.23. The van der Waals surface area contributed by atoms with Crippen LogP contribution in [0.25, 0.3) is 0 Å². The third kappa shape index (κ3) is 6.03. The lowest BCUT2D eigenvalue weighted by molar-refractivity contribution is -0.150. The zero-order valence-corrected chi connectivity index (χ0v) is 19.9. The van der Waals surface area contributed by atoms with Gasteiger partial charge in [0, 0.05) is 23.9 Å². The smallest absolute Gasteiger partial charge is 0.410 e. The van der Waals surface area contributed by atoms with Crippen LogP contribution in [0, 0.1) is 24.6 Å². The first kappa shape index (κ1) is 25.9. The van der Waals surface area contributed by atoms with Gasteiger partial charge in [0.15, 0.2) is 5.78 Å². The molecule has 0 aliphatic carbocycles. The summed E-state index contributed by atoms with van der Waals surface area (Å²) >= 11 is 0. The second kappa shape index (κ2) is 11.6. The number of likely N-dealkylation sites (tertiary alicyclic amines) is 1. The number of hydrogen-bond acceptors (Lipinski definition) is 7. The summed E-state index contributed by atoms with van der Waals surface area (Å²) in [6.45, 7) is 2.98. The van der Waals surface area contributed by atoms with Crippen LogP contribution in [0.15, 0.2) is 48.5 Å². The summed E-state index contributed by atoms with van der Waals surface area (Å²) in [6, 6.07) is 11.7. The van der Waals surface area contributed by atoms with Crippen molar-refractivity contribution in [3.63, 3.8) is 0 Å². The highest BCUT2D eigenvalue weighted by molar-refractivity contribution is 6.00. The standard InChI is InChI=1S/C26H28FNO7/c1-4-34-25(31)23-19(13-22(29)33-3)20(24(30)18-10-11-21(27)16(2)12-18)14-28(23)26(32)35-15-17-8-6-5-7-9-17/h5-12,19-20,23H,4,13-15H2,1-3H3/t19-,20-,23-/m0/s1. The minimum absolute atomic E-state index is 0.0385. The van der Waals surface area contributed by atoms with E-state index < -0.39 is 47.5 Å². The van der Waals surface area contributed by atoms with Crippen LogP contribution in [-0.2, 0) is 30.4 Å². The molecule has 8 nitrogen and oxygen atoms in total. The number of rotatable bonds is 8. The van der Waals surface area contributed by atoms with Crippen molar-refractivity contribution >= 4 is 23.8 Å². The maximum absolute atomic E-state index is 13.8. The lowest BCUT2D eigenvalue weighted by atomic mass is 9.82. The molecule has 0 aromatic heterocycles. The van der Waals surface area contributed by atoms with Gasteiger partial charge in [0.1, 0.15) is 18.5 Å². The van der Waals surface area contributed by atoms with Crippen LogP contribution < -0.4 is 0 Å². The van der Waals surface area contributed by atoms with Crippen LogP contribution in [0.4, 0.5) is 9.18 Å². The van der Waals surface area contributed by atoms with Gasteiger partial charge in [-0.2, -0.15) is 0 Å². The van der Waals surface area contributed by atoms with E-state index in [2.05, 4.69) is 0 Å². The Balaban J connectivity index is 1.93. The topological polar surface area (TPSA) is 99.2 Å². The van der Waals surface area contributed by atoms with Crippen molar-refractivity contribution in [3.05, 3.63) is 71.0 Å². The van der Waals surface area contributed by atoms with Crippen LogP contribution >= 0.6 is 0 Å². The Bertz CT molecular complexity index is 1090. The van der Waals surface area contributed by atoms with Crippen LogP contribution in [-0.4, -0.2) is 55.0 Å². The molecule has 2 aromatic rings. The minimum atomic E-state index is -1.23. The largest absolute Gasteiger partial charge is 0.469 e. The molecule has 3 rings (SSSR count). The maximum Gasteiger partial charge on any atom is 0.410 e. The molecule has 0 saturated carbocycles. The number of ether oxygens (including phenoxy) is 3. The molecule has 1 aliphatic rings. The van der Waals surface area contributed by atoms with E-state index in [-0.39, 0.29) is 37.3 Å². The number of aryl methyl sites for hydroxylation is 1. The molecular weight excluding hydrogens is 457 g/mol. The van der Waals surface area contributed by atoms with Crippen molar-refractivity contribution in [1.82, 2.24) is 4.90 Å². The first-order valence-corrected chi connectivity index (χ1v) is 11.3. The number of hydrogen-bond donors (Lipinski definition) is 0. The molecule has 1 aliphatic heterocycles. The predicted octanol–water partition coefficient (Wildman–Crippen LogP) is 3.70. The summed E-state index contributed by atoms with van der Waals surface area (Å²) in [6.07, 6.45) is -1.11. The Labute approximate surface area is 203 Å². The molecule has 0 N–H and O–H groups in total. The third-order valence-corrected chi connectivity index (χ3v) is 6.03. The molecule has 186 valence electrons. The molecular formula is C26H28FNO7. The minimum Gasteiger partial charge on any atom is -0.469 e. The second-order valence-corrected chi connectivity index (χ2v) is 8.27. The van der Waals surface area contributed by atoms with Gasteiger partial charge in [0.2, 0.25) is 0 Å². The van der Waals surface area contributed by atoms with E-state index in [9.17, 15) is 23.6 Å². The Morgan fingerprint density at radius 2 is 1.77 bits per heavy atom. The molecule has 2 aromatic carbocycles. The van der Waals surface area contributed by atoms with Gasteiger partial charge >= 0.3 is 18.0 Å². The number of benzene rings is 2. The van der Waals surface area contributed by atoms with Crippen LogP contribution in [0.5, 0.6) is 0 Å². The number of Topliss-reactive ketones (excluding diaryl/α,β-unsaturated/α-hetero) is 1. The molecule has 1 amide bonds. The van der Waals surface area contributed by atoms with E-state index in [0.717, 1.165) is 10.5 Å². The molecule has 0 unspecified atom stereocenters. The first-order valence-electron chi connectivity index (χ1n) is 11.3. The van der Waals surface area contributed by atoms with E-state index >= 15 is 0 Å². The predicted molar refractivity (Wildman–Crippen MR) is 123 cm³/mol. The lowest BCUT2D eigenvalue weighted by Gasteiger charge is -2.25. The van der Waals surface area contributed by atoms with Gasteiger partial charge in [-0.1, -0.05) is 30.3 Å². The number of carbonyl (C=O) groups excluding carboxylic acids is 4. The van der Waals surface area contributed by atoms with Crippen molar-refractivity contribution in [2.24, 2.45) is 11.8 Å². The Morgan fingerprint density at radius 1 is 1.06 bits per heavy atom. The summed E-state index contributed by atoms with van der Waals surface area (Å²) in [5.74, 6) is -4.12. The Morgan fingerprint density at radius 3 is 2.40 bits per heavy atom. The second-order valence-electron chi connectivity index (χ2n) is 8.27. The van der Waals surface area contributed by atoms with Crippen LogP contribution in [0.2, 0.25) is 0 Å². The first-order chi connectivity index (χ1) is 16.8. The van der Waals surface area contributed by atoms with Gasteiger partial charge in [-0.3, -0.25) is 14.5 Å². The zero-order chi connectivity index (χ0) is 25.5. The van der Waals surface area contributed by atoms with E-state index in [1.165, 1.54) is 32.2 Å². The van der Waals surface area contributed by atoms with Crippen molar-refractivity contribution in [3.8, 4) is 0 Å². The number of amides is 1. The maximum atomic E-state index is 13.8. The highest BCUT2D eigenvalue weighted by Crippen LogP contribution is 2.37. The molecule has 0 bridgehead atoms. The van der Waals surface area contributed by atoms with Gasteiger partial charge in [-0.05, 0) is 43.2 Å². The molecule has 0 spiro atoms. The molecule has 3 atom stereocenters. The quantitative estimate of drug-likeness (QED) is 0.319. The normalized spacial score (nSPS) is 19.2. The summed E-state index contributed by atoms with van der Waals surface area (Å²) < 4.78 is 29.2. The number of methoxy groups -OCH3 is 1. The SMILES string of the molecule is CCOC(=O)[C@@H]1[C@@H](CC(=O)OC)[C@@H](C(=O)c2ccc(F)c(C)c2)CN1C(=O)OCc1ccccc1. The van der Waals surface area contributed by atoms with Gasteiger partial charge in [0.05, 0.1) is 20.1 Å². The summed E-state index contributed by atoms with van der Waals surface area (Å²) in [5.41, 5.74) is 1.23. The van der Waals surface area contributed by atoms with Crippen molar-refractivity contribution in [1.29, 1.82) is 0 Å². The van der Waals surface area contributed by atoms with E-state index in [1.54, 1.807) is 31.2 Å². The number of ketones is 1. The number of carbonyl (C=O) groups is 4. The van der Waals surface area contributed by atoms with Gasteiger partial charge in [-0.25, -0.2) is 14.0 Å². The summed E-state index contributed by atoms with van der Waals surface area (Å²) in [7, 11) is 1.20. The van der Waals surface area contributed by atoms with Crippen molar-refractivity contribution in [2.45, 2.75) is 32.9 Å². The molecule has 0 radical (unpaired) electrons.